The molecule has 0 heterocycles. The molecule has 2 unspecified atom stereocenters. The molecule has 0 radical (unpaired) electrons. The minimum atomic E-state index is -2.22. The van der Waals surface area contributed by atoms with E-state index in [9.17, 15) is 0 Å². The summed E-state index contributed by atoms with van der Waals surface area (Å²) in [7, 11) is -0.461. The molecular weight excluding hydrogens is 232 g/mol. The van der Waals surface area contributed by atoms with Gasteiger partial charge >= 0.3 is 8.56 Å². The third-order valence-corrected chi connectivity index (χ3v) is 6.55. The van der Waals surface area contributed by atoms with Crippen molar-refractivity contribution in [3.8, 4) is 0 Å². The number of ether oxygens (including phenoxy) is 1. The van der Waals surface area contributed by atoms with Crippen LogP contribution in [-0.2, 0) is 13.6 Å². The smallest absolute Gasteiger partial charge is 0.364 e. The molecule has 4 heteroatoms. The maximum absolute atomic E-state index is 6.23. The van der Waals surface area contributed by atoms with Gasteiger partial charge in [0.05, 0.1) is 0 Å². The highest BCUT2D eigenvalue weighted by atomic mass is 28.4. The van der Waals surface area contributed by atoms with E-state index in [1.807, 2.05) is 0 Å². The first-order chi connectivity index (χ1) is 8.07. The van der Waals surface area contributed by atoms with Crippen LogP contribution in [0.15, 0.2) is 0 Å². The molecule has 0 aromatic carbocycles. The minimum absolute atomic E-state index is 0.132. The lowest BCUT2D eigenvalue weighted by atomic mass is 10.2. The van der Waals surface area contributed by atoms with Gasteiger partial charge in [-0.05, 0) is 32.2 Å². The SMILES string of the molecule is CCCOC(CC)[Si](C)(OC)OC(CC)CC. The Labute approximate surface area is 108 Å². The Morgan fingerprint density at radius 1 is 1.00 bits per heavy atom. The Kier molecular flexibility index (Phi) is 9.14. The zero-order chi connectivity index (χ0) is 13.3. The topological polar surface area (TPSA) is 27.7 Å². The lowest BCUT2D eigenvalue weighted by Gasteiger charge is -2.35. The van der Waals surface area contributed by atoms with Gasteiger partial charge in [0.2, 0.25) is 0 Å². The van der Waals surface area contributed by atoms with E-state index in [-0.39, 0.29) is 5.73 Å². The van der Waals surface area contributed by atoms with Gasteiger partial charge in [-0.3, -0.25) is 0 Å². The molecule has 0 aliphatic heterocycles. The molecule has 0 N–H and O–H groups in total. The van der Waals surface area contributed by atoms with Crippen molar-refractivity contribution >= 4 is 8.56 Å². The first kappa shape index (κ1) is 17.1. The number of hydrogen-bond donors (Lipinski definition) is 0. The molecule has 2 atom stereocenters. The molecule has 0 spiro atoms. The van der Waals surface area contributed by atoms with Gasteiger partial charge in [0.1, 0.15) is 5.73 Å². The van der Waals surface area contributed by atoms with Crippen molar-refractivity contribution in [1.29, 1.82) is 0 Å². The molecule has 0 aromatic heterocycles. The molecule has 0 aromatic rings. The summed E-state index contributed by atoms with van der Waals surface area (Å²) in [6.07, 6.45) is 4.36. The zero-order valence-electron chi connectivity index (χ0n) is 12.4. The summed E-state index contributed by atoms with van der Waals surface area (Å²) in [4.78, 5) is 0. The summed E-state index contributed by atoms with van der Waals surface area (Å²) in [5, 5.41) is 0. The third-order valence-electron chi connectivity index (χ3n) is 3.20. The van der Waals surface area contributed by atoms with Crippen LogP contribution in [0.5, 0.6) is 0 Å². The Hall–Kier alpha value is 0.0969. The van der Waals surface area contributed by atoms with Gasteiger partial charge in [0.15, 0.2) is 0 Å². The van der Waals surface area contributed by atoms with Gasteiger partial charge < -0.3 is 13.6 Å². The van der Waals surface area contributed by atoms with Crippen molar-refractivity contribution in [1.82, 2.24) is 0 Å². The molecule has 0 bridgehead atoms. The zero-order valence-corrected chi connectivity index (χ0v) is 13.4. The molecule has 0 aliphatic carbocycles. The van der Waals surface area contributed by atoms with Crippen LogP contribution in [0, 0.1) is 0 Å². The summed E-state index contributed by atoms with van der Waals surface area (Å²) in [6.45, 7) is 11.5. The van der Waals surface area contributed by atoms with Gasteiger partial charge in [-0.2, -0.15) is 0 Å². The monoisotopic (exact) mass is 262 g/mol. The molecule has 0 fully saturated rings. The second kappa shape index (κ2) is 9.08. The largest absolute Gasteiger partial charge is 0.396 e. The van der Waals surface area contributed by atoms with Crippen LogP contribution in [0.2, 0.25) is 6.55 Å². The third kappa shape index (κ3) is 5.51. The standard InChI is InChI=1S/C13H30O3Si/c1-7-11-15-13(10-4)17(6,14-5)16-12(8-2)9-3/h12-13H,7-11H2,1-6H3. The van der Waals surface area contributed by atoms with Crippen molar-refractivity contribution in [3.63, 3.8) is 0 Å². The summed E-state index contributed by atoms with van der Waals surface area (Å²) in [5.41, 5.74) is 0.132. The number of hydrogen-bond acceptors (Lipinski definition) is 3. The minimum Gasteiger partial charge on any atom is -0.396 e. The number of rotatable bonds is 10. The van der Waals surface area contributed by atoms with E-state index in [1.54, 1.807) is 7.11 Å². The van der Waals surface area contributed by atoms with Crippen molar-refractivity contribution in [3.05, 3.63) is 0 Å². The van der Waals surface area contributed by atoms with E-state index >= 15 is 0 Å². The van der Waals surface area contributed by atoms with E-state index < -0.39 is 8.56 Å². The molecule has 0 saturated carbocycles. The van der Waals surface area contributed by atoms with Gasteiger partial charge in [-0.1, -0.05) is 27.7 Å². The lowest BCUT2D eigenvalue weighted by molar-refractivity contribution is 0.0334. The molecule has 17 heavy (non-hydrogen) atoms. The Balaban J connectivity index is 4.58. The quantitative estimate of drug-likeness (QED) is 0.562. The molecular formula is C13H30O3Si. The fraction of sp³-hybridized carbons (Fsp3) is 1.00. The van der Waals surface area contributed by atoms with E-state index in [0.717, 1.165) is 32.3 Å². The second-order valence-electron chi connectivity index (χ2n) is 4.54. The van der Waals surface area contributed by atoms with Crippen molar-refractivity contribution in [2.45, 2.75) is 71.8 Å². The van der Waals surface area contributed by atoms with Crippen LogP contribution < -0.4 is 0 Å². The predicted molar refractivity (Wildman–Crippen MR) is 74.4 cm³/mol. The van der Waals surface area contributed by atoms with Crippen LogP contribution in [0.4, 0.5) is 0 Å². The molecule has 104 valence electrons. The van der Waals surface area contributed by atoms with Crippen molar-refractivity contribution in [2.75, 3.05) is 13.7 Å². The first-order valence-corrected chi connectivity index (χ1v) is 9.31. The Bertz CT molecular complexity index is 186. The van der Waals surface area contributed by atoms with Crippen molar-refractivity contribution < 1.29 is 13.6 Å². The highest BCUT2D eigenvalue weighted by molar-refractivity contribution is 6.67. The van der Waals surface area contributed by atoms with Crippen LogP contribution in [0.1, 0.15) is 53.4 Å². The lowest BCUT2D eigenvalue weighted by Crippen LogP contribution is -2.53. The highest BCUT2D eigenvalue weighted by Gasteiger charge is 2.41. The fourth-order valence-corrected chi connectivity index (χ4v) is 4.61. The Morgan fingerprint density at radius 3 is 1.94 bits per heavy atom. The highest BCUT2D eigenvalue weighted by Crippen LogP contribution is 2.22. The van der Waals surface area contributed by atoms with Gasteiger partial charge in [0.25, 0.3) is 0 Å². The molecule has 0 rings (SSSR count). The average Bonchev–Trinajstić information content (AvgIpc) is 2.36. The molecule has 3 nitrogen and oxygen atoms in total. The van der Waals surface area contributed by atoms with E-state index in [4.69, 9.17) is 13.6 Å². The molecule has 0 aliphatic rings. The normalized spacial score (nSPS) is 17.1. The summed E-state index contributed by atoms with van der Waals surface area (Å²) in [6, 6.07) is 0. The fourth-order valence-electron chi connectivity index (χ4n) is 1.94. The van der Waals surface area contributed by atoms with E-state index in [0.29, 0.717) is 6.10 Å². The van der Waals surface area contributed by atoms with E-state index in [1.165, 1.54) is 0 Å². The van der Waals surface area contributed by atoms with Crippen molar-refractivity contribution in [2.24, 2.45) is 0 Å². The Morgan fingerprint density at radius 2 is 1.59 bits per heavy atom. The van der Waals surface area contributed by atoms with Gasteiger partial charge in [-0.15, -0.1) is 0 Å². The van der Waals surface area contributed by atoms with Crippen LogP contribution in [0.3, 0.4) is 0 Å². The second-order valence-corrected chi connectivity index (χ2v) is 7.86. The molecule has 0 saturated heterocycles. The predicted octanol–water partition coefficient (Wildman–Crippen LogP) is 3.65. The average molecular weight is 262 g/mol. The van der Waals surface area contributed by atoms with Crippen LogP contribution in [-0.4, -0.2) is 34.1 Å². The maximum Gasteiger partial charge on any atom is 0.364 e. The van der Waals surface area contributed by atoms with Crippen LogP contribution in [0.25, 0.3) is 0 Å². The summed E-state index contributed by atoms with van der Waals surface area (Å²) >= 11 is 0. The van der Waals surface area contributed by atoms with Gasteiger partial charge in [-0.25, -0.2) is 0 Å². The first-order valence-electron chi connectivity index (χ1n) is 6.92. The van der Waals surface area contributed by atoms with Gasteiger partial charge in [0, 0.05) is 19.8 Å². The molecule has 0 amide bonds. The summed E-state index contributed by atoms with van der Waals surface area (Å²) in [5.74, 6) is 0. The maximum atomic E-state index is 6.23. The van der Waals surface area contributed by atoms with E-state index in [2.05, 4.69) is 34.2 Å². The summed E-state index contributed by atoms with van der Waals surface area (Å²) < 4.78 is 17.8. The van der Waals surface area contributed by atoms with Crippen LogP contribution >= 0.6 is 0 Å².